The van der Waals surface area contributed by atoms with Crippen LogP contribution in [0.1, 0.15) is 25.8 Å². The van der Waals surface area contributed by atoms with Crippen molar-refractivity contribution in [1.82, 2.24) is 19.8 Å². The van der Waals surface area contributed by atoms with Crippen molar-refractivity contribution in [2.24, 2.45) is 0 Å². The number of piperazine rings is 1. The molecule has 0 bridgehead atoms. The summed E-state index contributed by atoms with van der Waals surface area (Å²) >= 11 is 1.38. The van der Waals surface area contributed by atoms with Gasteiger partial charge in [0.15, 0.2) is 5.76 Å². The first-order valence-corrected chi connectivity index (χ1v) is 10.5. The summed E-state index contributed by atoms with van der Waals surface area (Å²) in [6, 6.07) is 3.35. The molecular formula is C20H23N5O4S. The van der Waals surface area contributed by atoms with Gasteiger partial charge in [0.1, 0.15) is 17.0 Å². The minimum atomic E-state index is -0.146. The van der Waals surface area contributed by atoms with Gasteiger partial charge in [-0.3, -0.25) is 9.59 Å². The van der Waals surface area contributed by atoms with E-state index in [2.05, 4.69) is 15.3 Å². The molecule has 2 amide bonds. The summed E-state index contributed by atoms with van der Waals surface area (Å²) in [7, 11) is 1.64. The van der Waals surface area contributed by atoms with Gasteiger partial charge in [-0.05, 0) is 24.6 Å². The lowest BCUT2D eigenvalue weighted by Crippen LogP contribution is -2.50. The molecule has 1 N–H and O–H groups in total. The van der Waals surface area contributed by atoms with Gasteiger partial charge < -0.3 is 24.3 Å². The Hall–Kier alpha value is -2.98. The first kappa shape index (κ1) is 20.3. The molecule has 0 saturated carbocycles. The number of methoxy groups -OCH3 is 1. The van der Waals surface area contributed by atoms with Gasteiger partial charge in [0.05, 0.1) is 23.1 Å². The fourth-order valence-electron chi connectivity index (χ4n) is 3.49. The van der Waals surface area contributed by atoms with E-state index in [-0.39, 0.29) is 11.8 Å². The molecule has 4 heterocycles. The summed E-state index contributed by atoms with van der Waals surface area (Å²) < 4.78 is 10.3. The molecule has 30 heavy (non-hydrogen) atoms. The Morgan fingerprint density at radius 3 is 2.60 bits per heavy atom. The standard InChI is InChI=1S/C20H23N5O4S/c1-13-15-17(21-5-11-28-2)22-12-23-18(15)30-16(13)20(27)25-8-6-24(7-9-25)19(26)14-4-3-10-29-14/h3-4,10,12H,5-9,11H2,1-2H3,(H,21,22,23). The van der Waals surface area contributed by atoms with E-state index < -0.39 is 0 Å². The van der Waals surface area contributed by atoms with E-state index in [0.717, 1.165) is 15.8 Å². The average molecular weight is 430 g/mol. The summed E-state index contributed by atoms with van der Waals surface area (Å²) in [5, 5.41) is 4.11. The minimum Gasteiger partial charge on any atom is -0.459 e. The summed E-state index contributed by atoms with van der Waals surface area (Å²) in [5.74, 6) is 0.844. The van der Waals surface area contributed by atoms with Gasteiger partial charge >= 0.3 is 0 Å². The molecule has 0 aliphatic carbocycles. The number of amides is 2. The number of hydrogen-bond donors (Lipinski definition) is 1. The minimum absolute atomic E-state index is 0.0385. The van der Waals surface area contributed by atoms with Crippen LogP contribution in [-0.2, 0) is 4.74 Å². The van der Waals surface area contributed by atoms with Gasteiger partial charge in [-0.2, -0.15) is 0 Å². The number of anilines is 1. The van der Waals surface area contributed by atoms with Crippen LogP contribution < -0.4 is 5.32 Å². The Kier molecular flexibility index (Phi) is 5.96. The molecular weight excluding hydrogens is 406 g/mol. The molecule has 3 aromatic heterocycles. The average Bonchev–Trinajstić information content (AvgIpc) is 3.42. The highest BCUT2D eigenvalue weighted by Crippen LogP contribution is 2.34. The zero-order chi connectivity index (χ0) is 21.1. The SMILES string of the molecule is COCCNc1ncnc2sc(C(=O)N3CCN(C(=O)c4ccco4)CC3)c(C)c12. The lowest BCUT2D eigenvalue weighted by atomic mass is 10.1. The van der Waals surface area contributed by atoms with Crippen LogP contribution >= 0.6 is 11.3 Å². The summed E-state index contributed by atoms with van der Waals surface area (Å²) in [6.07, 6.45) is 2.99. The number of ether oxygens (including phenoxy) is 1. The van der Waals surface area contributed by atoms with Crippen LogP contribution in [0.2, 0.25) is 0 Å². The van der Waals surface area contributed by atoms with Crippen molar-refractivity contribution in [3.63, 3.8) is 0 Å². The molecule has 1 fully saturated rings. The number of nitrogens with zero attached hydrogens (tertiary/aromatic N) is 4. The van der Waals surface area contributed by atoms with E-state index in [9.17, 15) is 9.59 Å². The molecule has 0 aromatic carbocycles. The zero-order valence-corrected chi connectivity index (χ0v) is 17.7. The lowest BCUT2D eigenvalue weighted by Gasteiger charge is -2.34. The Bertz CT molecular complexity index is 1040. The van der Waals surface area contributed by atoms with Crippen molar-refractivity contribution < 1.29 is 18.7 Å². The maximum absolute atomic E-state index is 13.2. The fourth-order valence-corrected chi connectivity index (χ4v) is 4.61. The number of nitrogens with one attached hydrogen (secondary N) is 1. The molecule has 1 saturated heterocycles. The largest absolute Gasteiger partial charge is 0.459 e. The van der Waals surface area contributed by atoms with Gasteiger partial charge in [-0.15, -0.1) is 11.3 Å². The van der Waals surface area contributed by atoms with Crippen molar-refractivity contribution in [2.45, 2.75) is 6.92 Å². The highest BCUT2D eigenvalue weighted by Gasteiger charge is 2.29. The van der Waals surface area contributed by atoms with E-state index in [1.807, 2.05) is 6.92 Å². The fraction of sp³-hybridized carbons (Fsp3) is 0.400. The van der Waals surface area contributed by atoms with E-state index in [1.54, 1.807) is 29.0 Å². The van der Waals surface area contributed by atoms with Gasteiger partial charge in [-0.1, -0.05) is 0 Å². The Balaban J connectivity index is 1.48. The number of hydrogen-bond acceptors (Lipinski definition) is 8. The smallest absolute Gasteiger partial charge is 0.289 e. The predicted molar refractivity (Wildman–Crippen MR) is 113 cm³/mol. The molecule has 4 rings (SSSR count). The quantitative estimate of drug-likeness (QED) is 0.600. The maximum Gasteiger partial charge on any atom is 0.289 e. The van der Waals surface area contributed by atoms with Gasteiger partial charge in [-0.25, -0.2) is 9.97 Å². The van der Waals surface area contributed by atoms with Crippen LogP contribution in [0.5, 0.6) is 0 Å². The van der Waals surface area contributed by atoms with Crippen molar-refractivity contribution in [3.8, 4) is 0 Å². The van der Waals surface area contributed by atoms with Gasteiger partial charge in [0, 0.05) is 39.8 Å². The van der Waals surface area contributed by atoms with E-state index in [0.29, 0.717) is 55.8 Å². The molecule has 3 aromatic rings. The second-order valence-corrected chi connectivity index (χ2v) is 7.94. The lowest BCUT2D eigenvalue weighted by molar-refractivity contribution is 0.0520. The number of rotatable bonds is 6. The summed E-state index contributed by atoms with van der Waals surface area (Å²) in [6.45, 7) is 4.99. The van der Waals surface area contributed by atoms with Crippen molar-refractivity contribution in [3.05, 3.63) is 40.9 Å². The van der Waals surface area contributed by atoms with Crippen LogP contribution in [0.15, 0.2) is 29.1 Å². The number of aryl methyl sites for hydroxylation is 1. The van der Waals surface area contributed by atoms with E-state index in [4.69, 9.17) is 9.15 Å². The molecule has 10 heteroatoms. The molecule has 9 nitrogen and oxygen atoms in total. The summed E-state index contributed by atoms with van der Waals surface area (Å²) in [5.41, 5.74) is 0.870. The molecule has 0 spiro atoms. The van der Waals surface area contributed by atoms with Gasteiger partial charge in [0.2, 0.25) is 0 Å². The van der Waals surface area contributed by atoms with Gasteiger partial charge in [0.25, 0.3) is 11.8 Å². The van der Waals surface area contributed by atoms with Crippen LogP contribution in [0, 0.1) is 6.92 Å². The summed E-state index contributed by atoms with van der Waals surface area (Å²) in [4.78, 5) is 39.2. The number of furan rings is 1. The molecule has 1 aliphatic rings. The van der Waals surface area contributed by atoms with Crippen molar-refractivity contribution in [2.75, 3.05) is 51.8 Å². The molecule has 0 atom stereocenters. The number of aromatic nitrogens is 2. The predicted octanol–water partition coefficient (Wildman–Crippen LogP) is 2.25. The molecule has 158 valence electrons. The van der Waals surface area contributed by atoms with Crippen LogP contribution in [0.4, 0.5) is 5.82 Å². The first-order valence-electron chi connectivity index (χ1n) is 9.69. The normalized spacial score (nSPS) is 14.3. The monoisotopic (exact) mass is 429 g/mol. The third-order valence-corrected chi connectivity index (χ3v) is 6.29. The molecule has 0 unspecified atom stereocenters. The maximum atomic E-state index is 13.2. The second kappa shape index (κ2) is 8.80. The van der Waals surface area contributed by atoms with Crippen molar-refractivity contribution >= 4 is 39.2 Å². The molecule has 1 aliphatic heterocycles. The second-order valence-electron chi connectivity index (χ2n) is 6.94. The Labute approximate surface area is 177 Å². The van der Waals surface area contributed by atoms with Crippen molar-refractivity contribution in [1.29, 1.82) is 0 Å². The Morgan fingerprint density at radius 1 is 1.20 bits per heavy atom. The third kappa shape index (κ3) is 3.88. The highest BCUT2D eigenvalue weighted by molar-refractivity contribution is 7.20. The third-order valence-electron chi connectivity index (χ3n) is 5.11. The number of thiophene rings is 1. The number of carbonyl (C=O) groups excluding carboxylic acids is 2. The van der Waals surface area contributed by atoms with E-state index in [1.165, 1.54) is 23.9 Å². The zero-order valence-electron chi connectivity index (χ0n) is 16.9. The Morgan fingerprint density at radius 2 is 1.93 bits per heavy atom. The number of fused-ring (bicyclic) bond motifs is 1. The molecule has 0 radical (unpaired) electrons. The topological polar surface area (TPSA) is 101 Å². The number of carbonyl (C=O) groups is 2. The van der Waals surface area contributed by atoms with Crippen LogP contribution in [0.25, 0.3) is 10.2 Å². The highest BCUT2D eigenvalue weighted by atomic mass is 32.1. The van der Waals surface area contributed by atoms with Crippen LogP contribution in [0.3, 0.4) is 0 Å². The first-order chi connectivity index (χ1) is 14.6. The van der Waals surface area contributed by atoms with Crippen LogP contribution in [-0.4, -0.2) is 78.0 Å². The van der Waals surface area contributed by atoms with E-state index >= 15 is 0 Å².